The van der Waals surface area contributed by atoms with E-state index in [4.69, 9.17) is 0 Å². The molecule has 0 saturated carbocycles. The SMILES string of the molecule is Cc1ccc2nc(NC(=O)CCCn3cccc3)sc2c1. The van der Waals surface area contributed by atoms with Crippen molar-refractivity contribution >= 4 is 32.6 Å². The lowest BCUT2D eigenvalue weighted by Crippen LogP contribution is -2.11. The molecule has 0 radical (unpaired) electrons. The molecule has 0 aliphatic carbocycles. The second-order valence-electron chi connectivity index (χ2n) is 5.06. The summed E-state index contributed by atoms with van der Waals surface area (Å²) in [5, 5.41) is 3.57. The van der Waals surface area contributed by atoms with Crippen LogP contribution in [-0.4, -0.2) is 15.5 Å². The number of rotatable bonds is 5. The van der Waals surface area contributed by atoms with Crippen molar-refractivity contribution < 1.29 is 4.79 Å². The summed E-state index contributed by atoms with van der Waals surface area (Å²) >= 11 is 1.52. The van der Waals surface area contributed by atoms with Crippen LogP contribution in [0.4, 0.5) is 5.13 Å². The first-order valence-electron chi connectivity index (χ1n) is 6.98. The molecule has 0 spiro atoms. The first-order chi connectivity index (χ1) is 10.2. The van der Waals surface area contributed by atoms with Crippen molar-refractivity contribution in [2.24, 2.45) is 0 Å². The number of anilines is 1. The summed E-state index contributed by atoms with van der Waals surface area (Å²) in [4.78, 5) is 16.4. The van der Waals surface area contributed by atoms with Crippen molar-refractivity contribution in [1.29, 1.82) is 0 Å². The van der Waals surface area contributed by atoms with Crippen LogP contribution < -0.4 is 5.32 Å². The third-order valence-electron chi connectivity index (χ3n) is 3.28. The van der Waals surface area contributed by atoms with Crippen LogP contribution in [0.3, 0.4) is 0 Å². The van der Waals surface area contributed by atoms with Gasteiger partial charge >= 0.3 is 0 Å². The predicted molar refractivity (Wildman–Crippen MR) is 86.7 cm³/mol. The van der Waals surface area contributed by atoms with E-state index in [1.807, 2.05) is 36.7 Å². The molecule has 5 heteroatoms. The number of hydrogen-bond donors (Lipinski definition) is 1. The van der Waals surface area contributed by atoms with Crippen molar-refractivity contribution in [3.63, 3.8) is 0 Å². The molecule has 0 atom stereocenters. The maximum absolute atomic E-state index is 11.9. The number of nitrogens with zero attached hydrogens (tertiary/aromatic N) is 2. The average Bonchev–Trinajstić information content (AvgIpc) is 3.07. The average molecular weight is 299 g/mol. The number of carbonyl (C=O) groups is 1. The van der Waals surface area contributed by atoms with Crippen LogP contribution in [0.15, 0.2) is 42.7 Å². The second-order valence-corrected chi connectivity index (χ2v) is 6.09. The van der Waals surface area contributed by atoms with Gasteiger partial charge in [0.05, 0.1) is 10.2 Å². The van der Waals surface area contributed by atoms with Gasteiger partial charge < -0.3 is 9.88 Å². The third-order valence-corrected chi connectivity index (χ3v) is 4.21. The summed E-state index contributed by atoms with van der Waals surface area (Å²) in [6, 6.07) is 10.1. The van der Waals surface area contributed by atoms with Crippen molar-refractivity contribution in [2.75, 3.05) is 5.32 Å². The number of hydrogen-bond acceptors (Lipinski definition) is 3. The molecule has 1 amide bonds. The summed E-state index contributed by atoms with van der Waals surface area (Å²) in [6.45, 7) is 2.91. The minimum Gasteiger partial charge on any atom is -0.354 e. The zero-order valence-electron chi connectivity index (χ0n) is 11.9. The molecule has 2 heterocycles. The van der Waals surface area contributed by atoms with Crippen LogP contribution >= 0.6 is 11.3 Å². The fourth-order valence-electron chi connectivity index (χ4n) is 2.21. The first kappa shape index (κ1) is 13.8. The first-order valence-corrected chi connectivity index (χ1v) is 7.80. The van der Waals surface area contributed by atoms with E-state index in [1.165, 1.54) is 16.9 Å². The smallest absolute Gasteiger partial charge is 0.226 e. The van der Waals surface area contributed by atoms with Crippen molar-refractivity contribution in [3.05, 3.63) is 48.3 Å². The number of carbonyl (C=O) groups excluding carboxylic acids is 1. The highest BCUT2D eigenvalue weighted by Crippen LogP contribution is 2.26. The van der Waals surface area contributed by atoms with Gasteiger partial charge in [-0.25, -0.2) is 4.98 Å². The Morgan fingerprint density at radius 3 is 2.95 bits per heavy atom. The van der Waals surface area contributed by atoms with E-state index in [9.17, 15) is 4.79 Å². The maximum atomic E-state index is 11.9. The molecule has 21 heavy (non-hydrogen) atoms. The van der Waals surface area contributed by atoms with Crippen LogP contribution in [-0.2, 0) is 11.3 Å². The number of aryl methyl sites for hydroxylation is 2. The number of benzene rings is 1. The molecule has 0 fully saturated rings. The number of amides is 1. The van der Waals surface area contributed by atoms with Crippen molar-refractivity contribution in [3.8, 4) is 0 Å². The molecule has 3 aromatic rings. The molecular weight excluding hydrogens is 282 g/mol. The number of aromatic nitrogens is 2. The molecule has 4 nitrogen and oxygen atoms in total. The number of fused-ring (bicyclic) bond motifs is 1. The third kappa shape index (κ3) is 3.49. The van der Waals surface area contributed by atoms with Gasteiger partial charge in [-0.2, -0.15) is 0 Å². The van der Waals surface area contributed by atoms with Gasteiger partial charge in [0.15, 0.2) is 5.13 Å². The second kappa shape index (κ2) is 6.10. The monoisotopic (exact) mass is 299 g/mol. The van der Waals surface area contributed by atoms with Gasteiger partial charge in [-0.05, 0) is 43.2 Å². The molecule has 0 unspecified atom stereocenters. The van der Waals surface area contributed by atoms with E-state index in [0.717, 1.165) is 23.2 Å². The molecule has 0 aliphatic heterocycles. The quantitative estimate of drug-likeness (QED) is 0.778. The summed E-state index contributed by atoms with van der Waals surface area (Å²) < 4.78 is 3.19. The topological polar surface area (TPSA) is 46.9 Å². The van der Waals surface area contributed by atoms with Gasteiger partial charge in [0.25, 0.3) is 0 Å². The van der Waals surface area contributed by atoms with Gasteiger partial charge in [0.2, 0.25) is 5.91 Å². The zero-order chi connectivity index (χ0) is 14.7. The highest BCUT2D eigenvalue weighted by atomic mass is 32.1. The predicted octanol–water partition coefficient (Wildman–Crippen LogP) is 3.83. The largest absolute Gasteiger partial charge is 0.354 e. The van der Waals surface area contributed by atoms with Gasteiger partial charge in [-0.15, -0.1) is 0 Å². The highest BCUT2D eigenvalue weighted by Gasteiger charge is 2.07. The molecule has 1 aromatic carbocycles. The fraction of sp³-hybridized carbons (Fsp3) is 0.250. The molecule has 0 saturated heterocycles. The Hall–Kier alpha value is -2.14. The molecule has 2 aromatic heterocycles. The normalized spacial score (nSPS) is 10.9. The molecule has 0 bridgehead atoms. The Morgan fingerprint density at radius 2 is 2.14 bits per heavy atom. The summed E-state index contributed by atoms with van der Waals surface area (Å²) in [7, 11) is 0. The van der Waals surface area contributed by atoms with Crippen molar-refractivity contribution in [2.45, 2.75) is 26.3 Å². The van der Waals surface area contributed by atoms with Crippen molar-refractivity contribution in [1.82, 2.24) is 9.55 Å². The van der Waals surface area contributed by atoms with Gasteiger partial charge in [-0.1, -0.05) is 17.4 Å². The molecule has 3 rings (SSSR count). The summed E-state index contributed by atoms with van der Waals surface area (Å²) in [5.74, 6) is 0.0259. The molecule has 108 valence electrons. The maximum Gasteiger partial charge on any atom is 0.226 e. The van der Waals surface area contributed by atoms with E-state index >= 15 is 0 Å². The van der Waals surface area contributed by atoms with E-state index in [-0.39, 0.29) is 5.91 Å². The van der Waals surface area contributed by atoms with Crippen LogP contribution in [0, 0.1) is 6.92 Å². The summed E-state index contributed by atoms with van der Waals surface area (Å²) in [6.07, 6.45) is 5.35. The highest BCUT2D eigenvalue weighted by molar-refractivity contribution is 7.22. The van der Waals surface area contributed by atoms with Crippen LogP contribution in [0.5, 0.6) is 0 Å². The van der Waals surface area contributed by atoms with E-state index in [2.05, 4.69) is 27.9 Å². The van der Waals surface area contributed by atoms with Crippen LogP contribution in [0.1, 0.15) is 18.4 Å². The Labute approximate surface area is 127 Å². The van der Waals surface area contributed by atoms with Crippen LogP contribution in [0.2, 0.25) is 0 Å². The lowest BCUT2D eigenvalue weighted by Gasteiger charge is -2.03. The van der Waals surface area contributed by atoms with E-state index in [0.29, 0.717) is 11.6 Å². The van der Waals surface area contributed by atoms with Gasteiger partial charge in [-0.3, -0.25) is 4.79 Å². The van der Waals surface area contributed by atoms with Gasteiger partial charge in [0, 0.05) is 25.4 Å². The van der Waals surface area contributed by atoms with Crippen LogP contribution in [0.25, 0.3) is 10.2 Å². The Kier molecular flexibility index (Phi) is 4.01. The summed E-state index contributed by atoms with van der Waals surface area (Å²) in [5.41, 5.74) is 2.14. The molecule has 0 aliphatic rings. The standard InChI is InChI=1S/C16H17N3OS/c1-12-6-7-13-14(11-12)21-16(17-13)18-15(20)5-4-10-19-8-2-3-9-19/h2-3,6-9,11H,4-5,10H2,1H3,(H,17,18,20). The minimum absolute atomic E-state index is 0.0259. The Balaban J connectivity index is 1.55. The van der Waals surface area contributed by atoms with E-state index in [1.54, 1.807) is 0 Å². The van der Waals surface area contributed by atoms with E-state index < -0.39 is 0 Å². The molecule has 1 N–H and O–H groups in total. The zero-order valence-corrected chi connectivity index (χ0v) is 12.7. The fourth-order valence-corrected chi connectivity index (χ4v) is 3.19. The number of thiazole rings is 1. The lowest BCUT2D eigenvalue weighted by molar-refractivity contribution is -0.116. The van der Waals surface area contributed by atoms with Gasteiger partial charge in [0.1, 0.15) is 0 Å². The Morgan fingerprint density at radius 1 is 1.33 bits per heavy atom. The number of nitrogens with one attached hydrogen (secondary N) is 1. The lowest BCUT2D eigenvalue weighted by atomic mass is 10.2. The minimum atomic E-state index is 0.0259. The Bertz CT molecular complexity index is 746. The molecular formula is C16H17N3OS.